The van der Waals surface area contributed by atoms with Gasteiger partial charge in [0, 0.05) is 11.8 Å². The third kappa shape index (κ3) is 2.93. The third-order valence-electron chi connectivity index (χ3n) is 2.40. The summed E-state index contributed by atoms with van der Waals surface area (Å²) in [4.78, 5) is 7.90. The Hall–Kier alpha value is -1.89. The third-order valence-corrected chi connectivity index (χ3v) is 2.95. The Labute approximate surface area is 117 Å². The number of hydrogen-bond acceptors (Lipinski definition) is 5. The smallest absolute Gasteiger partial charge is 0.325 e. The molecule has 2 aromatic rings. The maximum absolute atomic E-state index is 13.7. The van der Waals surface area contributed by atoms with Crippen molar-refractivity contribution in [1.82, 2.24) is 9.97 Å². The average Bonchev–Trinajstić information content (AvgIpc) is 2.38. The topological polar surface area (TPSA) is 70.3 Å². The summed E-state index contributed by atoms with van der Waals surface area (Å²) in [5, 5.41) is 0. The normalized spacial score (nSPS) is 10.3. The van der Waals surface area contributed by atoms with Crippen LogP contribution in [-0.2, 0) is 0 Å². The molecule has 100 valence electrons. The van der Waals surface area contributed by atoms with Gasteiger partial charge in [0.2, 0.25) is 5.88 Å². The zero-order valence-electron chi connectivity index (χ0n) is 10.3. The lowest BCUT2D eigenvalue weighted by atomic mass is 10.2. The lowest BCUT2D eigenvalue weighted by molar-refractivity contribution is 0.366. The van der Waals surface area contributed by atoms with E-state index in [0.717, 1.165) is 0 Å². The number of ether oxygens (including phenoxy) is 2. The van der Waals surface area contributed by atoms with Crippen LogP contribution in [0.25, 0.3) is 0 Å². The fourth-order valence-corrected chi connectivity index (χ4v) is 1.73. The number of anilines is 1. The van der Waals surface area contributed by atoms with Crippen LogP contribution in [0.5, 0.6) is 17.6 Å². The van der Waals surface area contributed by atoms with Gasteiger partial charge in [-0.3, -0.25) is 0 Å². The van der Waals surface area contributed by atoms with Gasteiger partial charge < -0.3 is 15.2 Å². The van der Waals surface area contributed by atoms with Crippen molar-refractivity contribution in [3.8, 4) is 17.6 Å². The summed E-state index contributed by atoms with van der Waals surface area (Å²) in [5.41, 5.74) is 6.66. The second kappa shape index (κ2) is 5.40. The van der Waals surface area contributed by atoms with Crippen molar-refractivity contribution in [2.45, 2.75) is 6.92 Å². The first-order chi connectivity index (χ1) is 9.01. The Morgan fingerprint density at radius 2 is 2.11 bits per heavy atom. The molecule has 1 heterocycles. The van der Waals surface area contributed by atoms with Crippen LogP contribution in [0, 0.1) is 12.7 Å². The SMILES string of the molecule is COc1nc(Oc2cc(C)c(N)cc2F)ncc1Br. The molecule has 19 heavy (non-hydrogen) atoms. The molecule has 2 N–H and O–H groups in total. The molecule has 0 spiro atoms. The van der Waals surface area contributed by atoms with Crippen molar-refractivity contribution in [2.75, 3.05) is 12.8 Å². The number of benzene rings is 1. The lowest BCUT2D eigenvalue weighted by Crippen LogP contribution is -1.99. The van der Waals surface area contributed by atoms with Gasteiger partial charge in [-0.05, 0) is 34.5 Å². The molecular weight excluding hydrogens is 317 g/mol. The fraction of sp³-hybridized carbons (Fsp3) is 0.167. The number of methoxy groups -OCH3 is 1. The second-order valence-electron chi connectivity index (χ2n) is 3.75. The van der Waals surface area contributed by atoms with E-state index in [9.17, 15) is 4.39 Å². The van der Waals surface area contributed by atoms with Crippen molar-refractivity contribution >= 4 is 21.6 Å². The van der Waals surface area contributed by atoms with Gasteiger partial charge in [0.05, 0.1) is 17.8 Å². The summed E-state index contributed by atoms with van der Waals surface area (Å²) in [6.07, 6.45) is 1.46. The summed E-state index contributed by atoms with van der Waals surface area (Å²) in [7, 11) is 1.46. The molecule has 0 saturated carbocycles. The molecule has 0 atom stereocenters. The first-order valence-electron chi connectivity index (χ1n) is 5.31. The van der Waals surface area contributed by atoms with E-state index in [1.165, 1.54) is 25.4 Å². The highest BCUT2D eigenvalue weighted by molar-refractivity contribution is 9.10. The first kappa shape index (κ1) is 13.5. The van der Waals surface area contributed by atoms with E-state index >= 15 is 0 Å². The van der Waals surface area contributed by atoms with Gasteiger partial charge in [-0.15, -0.1) is 0 Å². The number of aryl methyl sites for hydroxylation is 1. The number of aromatic nitrogens is 2. The van der Waals surface area contributed by atoms with Crippen molar-refractivity contribution in [1.29, 1.82) is 0 Å². The molecular formula is C12H11BrFN3O2. The predicted octanol–water partition coefficient (Wildman–Crippen LogP) is 3.07. The molecule has 0 unspecified atom stereocenters. The number of nitrogens with zero attached hydrogens (tertiary/aromatic N) is 2. The number of nitrogens with two attached hydrogens (primary N) is 1. The maximum Gasteiger partial charge on any atom is 0.325 e. The first-order valence-corrected chi connectivity index (χ1v) is 6.10. The Morgan fingerprint density at radius 3 is 2.79 bits per heavy atom. The monoisotopic (exact) mass is 327 g/mol. The standard InChI is InChI=1S/C12H11BrFN3O2/c1-6-3-10(8(14)4-9(6)15)19-12-16-5-7(13)11(17-12)18-2/h3-5H,15H2,1-2H3. The van der Waals surface area contributed by atoms with Crippen molar-refractivity contribution in [3.05, 3.63) is 34.2 Å². The zero-order chi connectivity index (χ0) is 14.0. The Morgan fingerprint density at radius 1 is 1.37 bits per heavy atom. The number of hydrogen-bond donors (Lipinski definition) is 1. The summed E-state index contributed by atoms with van der Waals surface area (Å²) in [5.74, 6) is -0.262. The van der Waals surface area contributed by atoms with Gasteiger partial charge >= 0.3 is 6.01 Å². The molecule has 1 aromatic heterocycles. The van der Waals surface area contributed by atoms with Crippen LogP contribution in [0.4, 0.5) is 10.1 Å². The van der Waals surface area contributed by atoms with Gasteiger partial charge in [0.15, 0.2) is 11.6 Å². The fourth-order valence-electron chi connectivity index (χ4n) is 1.38. The van der Waals surface area contributed by atoms with Crippen molar-refractivity contribution in [2.24, 2.45) is 0 Å². The minimum absolute atomic E-state index is 0.0103. The molecule has 1 aromatic carbocycles. The van der Waals surface area contributed by atoms with Crippen LogP contribution >= 0.6 is 15.9 Å². The number of nitrogen functional groups attached to an aromatic ring is 1. The summed E-state index contributed by atoms with van der Waals surface area (Å²) >= 11 is 3.22. The molecule has 0 radical (unpaired) electrons. The molecule has 0 saturated heterocycles. The van der Waals surface area contributed by atoms with Gasteiger partial charge in [-0.2, -0.15) is 4.98 Å². The molecule has 0 fully saturated rings. The quantitative estimate of drug-likeness (QED) is 0.877. The van der Waals surface area contributed by atoms with Crippen molar-refractivity contribution in [3.63, 3.8) is 0 Å². The Kier molecular flexibility index (Phi) is 3.84. The van der Waals surface area contributed by atoms with E-state index in [0.29, 0.717) is 21.6 Å². The van der Waals surface area contributed by atoms with E-state index in [-0.39, 0.29) is 11.8 Å². The van der Waals surface area contributed by atoms with Crippen molar-refractivity contribution < 1.29 is 13.9 Å². The lowest BCUT2D eigenvalue weighted by Gasteiger charge is -2.09. The molecule has 2 rings (SSSR count). The number of rotatable bonds is 3. The van der Waals surface area contributed by atoms with Gasteiger partial charge in [-0.1, -0.05) is 0 Å². The summed E-state index contributed by atoms with van der Waals surface area (Å²) in [6, 6.07) is 2.67. The molecule has 0 aliphatic rings. The van der Waals surface area contributed by atoms with E-state index in [2.05, 4.69) is 25.9 Å². The second-order valence-corrected chi connectivity index (χ2v) is 4.61. The minimum Gasteiger partial charge on any atom is -0.480 e. The van der Waals surface area contributed by atoms with Gasteiger partial charge in [0.25, 0.3) is 0 Å². The molecule has 7 heteroatoms. The van der Waals surface area contributed by atoms with Crippen LogP contribution in [0.15, 0.2) is 22.8 Å². The highest BCUT2D eigenvalue weighted by Crippen LogP contribution is 2.29. The van der Waals surface area contributed by atoms with E-state index in [1.54, 1.807) is 6.92 Å². The Bertz CT molecular complexity index is 622. The predicted molar refractivity (Wildman–Crippen MR) is 71.9 cm³/mol. The van der Waals surface area contributed by atoms with Crippen LogP contribution < -0.4 is 15.2 Å². The minimum atomic E-state index is -0.575. The van der Waals surface area contributed by atoms with E-state index in [1.807, 2.05) is 0 Å². The van der Waals surface area contributed by atoms with Crippen LogP contribution in [-0.4, -0.2) is 17.1 Å². The summed E-state index contributed by atoms with van der Waals surface area (Å²) < 4.78 is 24.6. The van der Waals surface area contributed by atoms with E-state index < -0.39 is 5.82 Å². The summed E-state index contributed by atoms with van der Waals surface area (Å²) in [6.45, 7) is 1.75. The number of halogens is 2. The van der Waals surface area contributed by atoms with E-state index in [4.69, 9.17) is 15.2 Å². The van der Waals surface area contributed by atoms with Crippen LogP contribution in [0.3, 0.4) is 0 Å². The maximum atomic E-state index is 13.7. The van der Waals surface area contributed by atoms with Gasteiger partial charge in [-0.25, -0.2) is 9.37 Å². The molecule has 0 bridgehead atoms. The molecule has 0 amide bonds. The van der Waals surface area contributed by atoms with Crippen LogP contribution in [0.1, 0.15) is 5.56 Å². The average molecular weight is 328 g/mol. The largest absolute Gasteiger partial charge is 0.480 e. The zero-order valence-corrected chi connectivity index (χ0v) is 11.9. The highest BCUT2D eigenvalue weighted by Gasteiger charge is 2.11. The molecule has 0 aliphatic carbocycles. The highest BCUT2D eigenvalue weighted by atomic mass is 79.9. The Balaban J connectivity index is 2.33. The molecule has 0 aliphatic heterocycles. The van der Waals surface area contributed by atoms with Crippen LogP contribution in [0.2, 0.25) is 0 Å². The van der Waals surface area contributed by atoms with Gasteiger partial charge in [0.1, 0.15) is 0 Å². The molecule has 5 nitrogen and oxygen atoms in total.